The maximum Gasteiger partial charge on any atom is 0.242 e. The molecule has 1 heterocycles. The number of hydrogen-bond acceptors (Lipinski definition) is 4. The normalized spacial score (nSPS) is 11.9. The number of hydrogen-bond donors (Lipinski definition) is 1. The Morgan fingerprint density at radius 1 is 0.972 bits per heavy atom. The predicted molar refractivity (Wildman–Crippen MR) is 145 cm³/mol. The molecule has 194 valence electrons. The van der Waals surface area contributed by atoms with Crippen molar-refractivity contribution in [1.82, 2.24) is 9.47 Å². The van der Waals surface area contributed by atoms with Crippen molar-refractivity contribution < 1.29 is 18.0 Å². The molecule has 0 saturated carbocycles. The monoisotopic (exact) mass is 511 g/mol. The summed E-state index contributed by atoms with van der Waals surface area (Å²) in [6, 6.07) is 14.6. The lowest BCUT2D eigenvalue weighted by atomic mass is 10.1. The van der Waals surface area contributed by atoms with Gasteiger partial charge >= 0.3 is 0 Å². The second kappa shape index (κ2) is 11.7. The predicted octanol–water partition coefficient (Wildman–Crippen LogP) is 5.04. The summed E-state index contributed by atoms with van der Waals surface area (Å²) >= 11 is 0. The van der Waals surface area contributed by atoms with Gasteiger partial charge in [0.05, 0.1) is 4.90 Å². The van der Waals surface area contributed by atoms with Gasteiger partial charge in [0.15, 0.2) is 9.84 Å². The highest BCUT2D eigenvalue weighted by atomic mass is 32.2. The van der Waals surface area contributed by atoms with Gasteiger partial charge in [0, 0.05) is 34.9 Å². The Morgan fingerprint density at radius 3 is 2.22 bits per heavy atom. The first-order chi connectivity index (χ1) is 17.0. The Bertz CT molecular complexity index is 1300. The Labute approximate surface area is 214 Å². The lowest BCUT2D eigenvalue weighted by molar-refractivity contribution is -0.135. The van der Waals surface area contributed by atoms with Gasteiger partial charge in [-0.2, -0.15) is 0 Å². The second-order valence-corrected chi connectivity index (χ2v) is 11.7. The van der Waals surface area contributed by atoms with Crippen LogP contribution in [0.4, 0.5) is 5.69 Å². The van der Waals surface area contributed by atoms with E-state index in [1.807, 2.05) is 39.8 Å². The zero-order valence-corrected chi connectivity index (χ0v) is 22.6. The third kappa shape index (κ3) is 6.55. The minimum atomic E-state index is -3.95. The first-order valence-electron chi connectivity index (χ1n) is 12.5. The number of aryl methyl sites for hydroxylation is 1. The van der Waals surface area contributed by atoms with Gasteiger partial charge in [-0.15, -0.1) is 0 Å². The fraction of sp³-hybridized carbons (Fsp3) is 0.429. The number of para-hydroxylation sites is 1. The third-order valence-electron chi connectivity index (χ3n) is 6.17. The summed E-state index contributed by atoms with van der Waals surface area (Å²) in [7, 11) is -3.95. The Morgan fingerprint density at radius 2 is 1.61 bits per heavy atom. The van der Waals surface area contributed by atoms with E-state index in [2.05, 4.69) is 12.2 Å². The van der Waals surface area contributed by atoms with Crippen LogP contribution < -0.4 is 5.32 Å². The highest BCUT2D eigenvalue weighted by Gasteiger charge is 2.26. The third-order valence-corrected chi connectivity index (χ3v) is 7.81. The fourth-order valence-corrected chi connectivity index (χ4v) is 5.94. The van der Waals surface area contributed by atoms with Crippen molar-refractivity contribution in [2.45, 2.75) is 77.4 Å². The van der Waals surface area contributed by atoms with Gasteiger partial charge in [-0.05, 0) is 64.3 Å². The molecular formula is C28H37N3O4S. The van der Waals surface area contributed by atoms with E-state index in [1.165, 1.54) is 11.8 Å². The minimum absolute atomic E-state index is 0.0168. The van der Waals surface area contributed by atoms with Gasteiger partial charge in [-0.1, -0.05) is 43.7 Å². The lowest BCUT2D eigenvalue weighted by Gasteiger charge is -2.31. The Kier molecular flexibility index (Phi) is 8.95. The van der Waals surface area contributed by atoms with E-state index in [4.69, 9.17) is 0 Å². The Hall–Kier alpha value is -3.13. The van der Waals surface area contributed by atoms with E-state index < -0.39 is 21.5 Å². The molecule has 0 unspecified atom stereocenters. The zero-order chi connectivity index (χ0) is 26.5. The molecule has 0 fully saturated rings. The highest BCUT2D eigenvalue weighted by Crippen LogP contribution is 2.27. The van der Waals surface area contributed by atoms with E-state index in [9.17, 15) is 18.0 Å². The molecule has 0 aliphatic rings. The van der Waals surface area contributed by atoms with Crippen molar-refractivity contribution in [3.63, 3.8) is 0 Å². The van der Waals surface area contributed by atoms with Gasteiger partial charge in [-0.3, -0.25) is 9.59 Å². The topological polar surface area (TPSA) is 88.5 Å². The van der Waals surface area contributed by atoms with Crippen LogP contribution >= 0.6 is 0 Å². The number of nitrogens with zero attached hydrogens (tertiary/aromatic N) is 2. The average molecular weight is 512 g/mol. The van der Waals surface area contributed by atoms with Gasteiger partial charge in [-0.25, -0.2) is 8.42 Å². The van der Waals surface area contributed by atoms with Crippen molar-refractivity contribution in [2.75, 3.05) is 11.1 Å². The van der Waals surface area contributed by atoms with Crippen LogP contribution in [0.25, 0.3) is 10.9 Å². The van der Waals surface area contributed by atoms with Crippen molar-refractivity contribution >= 4 is 38.2 Å². The molecule has 7 nitrogen and oxygen atoms in total. The molecule has 0 bridgehead atoms. The number of sulfone groups is 1. The molecule has 1 N–H and O–H groups in total. The molecule has 2 aromatic carbocycles. The number of carbonyl (C=O) groups excluding carboxylic acids is 2. The number of aromatic nitrogens is 1. The fourth-order valence-electron chi connectivity index (χ4n) is 4.57. The van der Waals surface area contributed by atoms with E-state index in [1.54, 1.807) is 45.9 Å². The number of unbranched alkanes of at least 4 members (excludes halogenated alkanes) is 1. The summed E-state index contributed by atoms with van der Waals surface area (Å²) in [6.07, 6.45) is 4.65. The van der Waals surface area contributed by atoms with Crippen LogP contribution in [0.2, 0.25) is 0 Å². The van der Waals surface area contributed by atoms with Crippen LogP contribution in [-0.4, -0.2) is 47.5 Å². The van der Waals surface area contributed by atoms with Crippen LogP contribution in [0.3, 0.4) is 0 Å². The molecule has 1 aromatic heterocycles. The van der Waals surface area contributed by atoms with E-state index >= 15 is 0 Å². The molecule has 0 aliphatic carbocycles. The van der Waals surface area contributed by atoms with E-state index in [-0.39, 0.29) is 29.4 Å². The zero-order valence-electron chi connectivity index (χ0n) is 21.8. The quantitative estimate of drug-likeness (QED) is 0.391. The lowest BCUT2D eigenvalue weighted by Crippen LogP contribution is -2.43. The summed E-state index contributed by atoms with van der Waals surface area (Å²) in [4.78, 5) is 27.5. The first kappa shape index (κ1) is 27.5. The molecule has 0 spiro atoms. The standard InChI is InChI=1S/C28H37N3O4S/c1-6-7-10-22-13-15-23(16-14-22)29-27(32)19-36(34,35)26-17-30(25-12-9-8-11-24(25)26)18-28(33)31(20(2)3)21(4)5/h8-9,11-17,20-21H,6-7,10,18-19H2,1-5H3,(H,29,32). The van der Waals surface area contributed by atoms with Crippen molar-refractivity contribution in [2.24, 2.45) is 0 Å². The van der Waals surface area contributed by atoms with E-state index in [0.29, 0.717) is 16.6 Å². The summed E-state index contributed by atoms with van der Waals surface area (Å²) in [5.74, 6) is -1.38. The summed E-state index contributed by atoms with van der Waals surface area (Å²) in [6.45, 7) is 9.98. The van der Waals surface area contributed by atoms with Gasteiger partial charge in [0.2, 0.25) is 11.8 Å². The van der Waals surface area contributed by atoms with Crippen LogP contribution in [-0.2, 0) is 32.4 Å². The van der Waals surface area contributed by atoms with Crippen LogP contribution in [0.1, 0.15) is 53.0 Å². The molecule has 8 heteroatoms. The van der Waals surface area contributed by atoms with E-state index in [0.717, 1.165) is 19.3 Å². The molecule has 0 radical (unpaired) electrons. The summed E-state index contributed by atoms with van der Waals surface area (Å²) < 4.78 is 28.3. The number of carbonyl (C=O) groups is 2. The Balaban J connectivity index is 1.81. The number of anilines is 1. The van der Waals surface area contributed by atoms with Gasteiger partial charge in [0.25, 0.3) is 0 Å². The first-order valence-corrected chi connectivity index (χ1v) is 14.2. The van der Waals surface area contributed by atoms with Gasteiger partial charge in [0.1, 0.15) is 12.3 Å². The van der Waals surface area contributed by atoms with Crippen LogP contribution in [0.5, 0.6) is 0 Å². The number of rotatable bonds is 11. The maximum absolute atomic E-state index is 13.3. The molecule has 2 amide bonds. The number of fused-ring (bicyclic) bond motifs is 1. The van der Waals surface area contributed by atoms with Crippen LogP contribution in [0, 0.1) is 0 Å². The number of benzene rings is 2. The van der Waals surface area contributed by atoms with Crippen molar-refractivity contribution in [3.8, 4) is 0 Å². The van der Waals surface area contributed by atoms with Crippen LogP contribution in [0.15, 0.2) is 59.6 Å². The molecule has 0 aliphatic heterocycles. The number of amides is 2. The molecule has 36 heavy (non-hydrogen) atoms. The molecule has 0 saturated heterocycles. The molecule has 3 rings (SSSR count). The van der Waals surface area contributed by atoms with Gasteiger partial charge < -0.3 is 14.8 Å². The van der Waals surface area contributed by atoms with Crippen molar-refractivity contribution in [1.29, 1.82) is 0 Å². The molecule has 0 atom stereocenters. The second-order valence-electron chi connectivity index (χ2n) is 9.73. The average Bonchev–Trinajstić information content (AvgIpc) is 3.17. The molecule has 3 aromatic rings. The van der Waals surface area contributed by atoms with Crippen molar-refractivity contribution in [3.05, 3.63) is 60.3 Å². The SMILES string of the molecule is CCCCc1ccc(NC(=O)CS(=O)(=O)c2cn(CC(=O)N(C(C)C)C(C)C)c3ccccc23)cc1. The number of nitrogens with one attached hydrogen (secondary N) is 1. The summed E-state index contributed by atoms with van der Waals surface area (Å²) in [5.41, 5.74) is 2.38. The maximum atomic E-state index is 13.3. The smallest absolute Gasteiger partial charge is 0.242 e. The summed E-state index contributed by atoms with van der Waals surface area (Å²) in [5, 5.41) is 3.19. The highest BCUT2D eigenvalue weighted by molar-refractivity contribution is 7.92. The minimum Gasteiger partial charge on any atom is -0.337 e. The largest absolute Gasteiger partial charge is 0.337 e. The molecular weight excluding hydrogens is 474 g/mol.